The van der Waals surface area contributed by atoms with Crippen molar-refractivity contribution in [2.45, 2.75) is 12.7 Å². The minimum atomic E-state index is -4.39. The van der Waals surface area contributed by atoms with Gasteiger partial charge < -0.3 is 9.32 Å². The molecule has 0 spiro atoms. The molecule has 1 aromatic carbocycles. The first-order chi connectivity index (χ1) is 11.4. The van der Waals surface area contributed by atoms with Crippen molar-refractivity contribution in [3.8, 4) is 0 Å². The van der Waals surface area contributed by atoms with E-state index >= 15 is 0 Å². The van der Waals surface area contributed by atoms with E-state index in [2.05, 4.69) is 4.90 Å². The number of benzene rings is 1. The minimum absolute atomic E-state index is 0.235. The van der Waals surface area contributed by atoms with Crippen LogP contribution >= 0.6 is 0 Å². The smallest absolute Gasteiger partial charge is 0.416 e. The number of halogens is 3. The average molecular weight is 338 g/mol. The molecule has 7 heteroatoms. The molecule has 0 atom stereocenters. The number of alkyl halides is 3. The Kier molecular flexibility index (Phi) is 4.62. The zero-order valence-corrected chi connectivity index (χ0v) is 12.9. The lowest BCUT2D eigenvalue weighted by atomic mass is 10.1. The van der Waals surface area contributed by atoms with E-state index in [-0.39, 0.29) is 11.5 Å². The molecule has 0 N–H and O–H groups in total. The number of hydrogen-bond donors (Lipinski definition) is 0. The van der Waals surface area contributed by atoms with Crippen LogP contribution in [0.3, 0.4) is 0 Å². The largest absolute Gasteiger partial charge is 0.468 e. The fraction of sp³-hybridized carbons (Fsp3) is 0.353. The zero-order chi connectivity index (χ0) is 17.2. The average Bonchev–Trinajstić information content (AvgIpc) is 3.07. The SMILES string of the molecule is O=C(c1ccc(C(F)(F)F)cc1)N1CCN(Cc2ccco2)CC1. The molecule has 0 aliphatic carbocycles. The maximum atomic E-state index is 12.6. The number of piperazine rings is 1. The van der Waals surface area contributed by atoms with Crippen molar-refractivity contribution in [1.82, 2.24) is 9.80 Å². The second-order valence-electron chi connectivity index (χ2n) is 5.72. The first-order valence-electron chi connectivity index (χ1n) is 7.65. The predicted molar refractivity (Wildman–Crippen MR) is 81.3 cm³/mol. The number of carbonyl (C=O) groups excluding carboxylic acids is 1. The van der Waals surface area contributed by atoms with Gasteiger partial charge >= 0.3 is 6.18 Å². The Morgan fingerprint density at radius 3 is 2.25 bits per heavy atom. The summed E-state index contributed by atoms with van der Waals surface area (Å²) in [7, 11) is 0. The molecule has 128 valence electrons. The number of carbonyl (C=O) groups is 1. The van der Waals surface area contributed by atoms with Crippen LogP contribution in [0.25, 0.3) is 0 Å². The Morgan fingerprint density at radius 1 is 1.04 bits per heavy atom. The van der Waals surface area contributed by atoms with E-state index in [1.165, 1.54) is 12.1 Å². The van der Waals surface area contributed by atoms with Crippen LogP contribution in [-0.4, -0.2) is 41.9 Å². The van der Waals surface area contributed by atoms with Gasteiger partial charge in [0.15, 0.2) is 0 Å². The van der Waals surface area contributed by atoms with Crippen molar-refractivity contribution in [3.63, 3.8) is 0 Å². The normalized spacial score (nSPS) is 16.4. The van der Waals surface area contributed by atoms with Crippen LogP contribution in [0, 0.1) is 0 Å². The third-order valence-electron chi connectivity index (χ3n) is 4.08. The van der Waals surface area contributed by atoms with E-state index in [0.717, 1.165) is 17.9 Å². The number of furan rings is 1. The highest BCUT2D eigenvalue weighted by Gasteiger charge is 2.30. The summed E-state index contributed by atoms with van der Waals surface area (Å²) >= 11 is 0. The lowest BCUT2D eigenvalue weighted by Crippen LogP contribution is -2.48. The molecule has 4 nitrogen and oxygen atoms in total. The number of rotatable bonds is 3. The van der Waals surface area contributed by atoms with E-state index in [1.807, 2.05) is 12.1 Å². The third-order valence-corrected chi connectivity index (χ3v) is 4.08. The molecule has 0 radical (unpaired) electrons. The van der Waals surface area contributed by atoms with E-state index in [0.29, 0.717) is 32.7 Å². The van der Waals surface area contributed by atoms with Crippen molar-refractivity contribution < 1.29 is 22.4 Å². The van der Waals surface area contributed by atoms with Gasteiger partial charge in [0.2, 0.25) is 0 Å². The Bertz CT molecular complexity index is 673. The maximum absolute atomic E-state index is 12.6. The molecule has 1 aromatic heterocycles. The molecule has 2 aromatic rings. The first-order valence-corrected chi connectivity index (χ1v) is 7.65. The Morgan fingerprint density at radius 2 is 1.71 bits per heavy atom. The van der Waals surface area contributed by atoms with E-state index in [1.54, 1.807) is 11.2 Å². The minimum Gasteiger partial charge on any atom is -0.468 e. The highest BCUT2D eigenvalue weighted by Crippen LogP contribution is 2.29. The van der Waals surface area contributed by atoms with Crippen molar-refractivity contribution in [2.24, 2.45) is 0 Å². The molecule has 24 heavy (non-hydrogen) atoms. The second-order valence-corrected chi connectivity index (χ2v) is 5.72. The van der Waals surface area contributed by atoms with Gasteiger partial charge in [-0.2, -0.15) is 13.2 Å². The Labute approximate surface area is 137 Å². The highest BCUT2D eigenvalue weighted by atomic mass is 19.4. The van der Waals surface area contributed by atoms with Gasteiger partial charge in [0.05, 0.1) is 18.4 Å². The van der Waals surface area contributed by atoms with Crippen LogP contribution in [-0.2, 0) is 12.7 Å². The molecule has 1 aliphatic rings. The first kappa shape index (κ1) is 16.6. The van der Waals surface area contributed by atoms with Crippen molar-refractivity contribution in [3.05, 3.63) is 59.5 Å². The molecule has 1 amide bonds. The molecular formula is C17H17F3N2O2. The lowest BCUT2D eigenvalue weighted by Gasteiger charge is -2.34. The van der Waals surface area contributed by atoms with Gasteiger partial charge in [0.1, 0.15) is 5.76 Å². The molecular weight excluding hydrogens is 321 g/mol. The van der Waals surface area contributed by atoms with Crippen LogP contribution in [0.15, 0.2) is 47.1 Å². The fourth-order valence-electron chi connectivity index (χ4n) is 2.72. The monoisotopic (exact) mass is 338 g/mol. The molecule has 0 unspecified atom stereocenters. The van der Waals surface area contributed by atoms with Crippen LogP contribution in [0.2, 0.25) is 0 Å². The number of nitrogens with zero attached hydrogens (tertiary/aromatic N) is 2. The summed E-state index contributed by atoms with van der Waals surface area (Å²) in [4.78, 5) is 16.2. The summed E-state index contributed by atoms with van der Waals surface area (Å²) in [6, 6.07) is 8.10. The van der Waals surface area contributed by atoms with Crippen LogP contribution < -0.4 is 0 Å². The fourth-order valence-corrected chi connectivity index (χ4v) is 2.72. The molecule has 1 saturated heterocycles. The zero-order valence-electron chi connectivity index (χ0n) is 12.9. The Balaban J connectivity index is 1.57. The molecule has 1 fully saturated rings. The van der Waals surface area contributed by atoms with Gasteiger partial charge in [0, 0.05) is 31.7 Å². The van der Waals surface area contributed by atoms with E-state index < -0.39 is 11.7 Å². The van der Waals surface area contributed by atoms with Crippen molar-refractivity contribution >= 4 is 5.91 Å². The van der Waals surface area contributed by atoms with Gasteiger partial charge in [-0.05, 0) is 36.4 Å². The molecule has 0 bridgehead atoms. The van der Waals surface area contributed by atoms with Crippen LogP contribution in [0.4, 0.5) is 13.2 Å². The third kappa shape index (κ3) is 3.79. The van der Waals surface area contributed by atoms with Crippen LogP contribution in [0.5, 0.6) is 0 Å². The number of hydrogen-bond acceptors (Lipinski definition) is 3. The lowest BCUT2D eigenvalue weighted by molar-refractivity contribution is -0.137. The highest BCUT2D eigenvalue weighted by molar-refractivity contribution is 5.94. The van der Waals surface area contributed by atoms with Gasteiger partial charge in [0.25, 0.3) is 5.91 Å². The van der Waals surface area contributed by atoms with E-state index in [4.69, 9.17) is 4.42 Å². The van der Waals surface area contributed by atoms with Crippen molar-refractivity contribution in [1.29, 1.82) is 0 Å². The summed E-state index contributed by atoms with van der Waals surface area (Å²) in [5, 5.41) is 0. The molecule has 1 aliphatic heterocycles. The van der Waals surface area contributed by atoms with Gasteiger partial charge in [-0.25, -0.2) is 0 Å². The quantitative estimate of drug-likeness (QED) is 0.862. The van der Waals surface area contributed by atoms with Gasteiger partial charge in [-0.3, -0.25) is 9.69 Å². The summed E-state index contributed by atoms with van der Waals surface area (Å²) in [5.74, 6) is 0.638. The van der Waals surface area contributed by atoms with Gasteiger partial charge in [-0.15, -0.1) is 0 Å². The number of amides is 1. The van der Waals surface area contributed by atoms with E-state index in [9.17, 15) is 18.0 Å². The summed E-state index contributed by atoms with van der Waals surface area (Å²) in [5.41, 5.74) is -0.468. The molecule has 0 saturated carbocycles. The maximum Gasteiger partial charge on any atom is 0.416 e. The predicted octanol–water partition coefficient (Wildman–Crippen LogP) is 3.26. The summed E-state index contributed by atoms with van der Waals surface area (Å²) in [6.45, 7) is 3.18. The molecule has 3 rings (SSSR count). The van der Waals surface area contributed by atoms with Gasteiger partial charge in [-0.1, -0.05) is 0 Å². The standard InChI is InChI=1S/C17H17F3N2O2/c18-17(19,20)14-5-3-13(4-6-14)16(23)22-9-7-21(8-10-22)12-15-2-1-11-24-15/h1-6,11H,7-10,12H2. The van der Waals surface area contributed by atoms with Crippen molar-refractivity contribution in [2.75, 3.05) is 26.2 Å². The summed E-state index contributed by atoms with van der Waals surface area (Å²) < 4.78 is 43.0. The Hall–Kier alpha value is -2.28. The second kappa shape index (κ2) is 6.68. The summed E-state index contributed by atoms with van der Waals surface area (Å²) in [6.07, 6.45) is -2.77. The molecule has 2 heterocycles. The van der Waals surface area contributed by atoms with Crippen LogP contribution in [0.1, 0.15) is 21.7 Å². The topological polar surface area (TPSA) is 36.7 Å².